The average molecular weight is 780 g/mol. The third kappa shape index (κ3) is 11.2. The molecule has 3 heterocycles. The van der Waals surface area contributed by atoms with Gasteiger partial charge in [-0.05, 0) is 72.5 Å². The molecular formula is C41H69N3O11. The first kappa shape index (κ1) is 45.5. The molecule has 0 spiro atoms. The highest BCUT2D eigenvalue weighted by molar-refractivity contribution is 5.80. The van der Waals surface area contributed by atoms with E-state index in [1.807, 2.05) is 70.1 Å². The minimum atomic E-state index is -1.59. The third-order valence-corrected chi connectivity index (χ3v) is 12.1. The molecular weight excluding hydrogens is 710 g/mol. The number of rotatable bonds is 8. The van der Waals surface area contributed by atoms with Gasteiger partial charge < -0.3 is 59.2 Å². The Kier molecular flexibility index (Phi) is 15.7. The van der Waals surface area contributed by atoms with Crippen molar-refractivity contribution >= 4 is 11.8 Å². The van der Waals surface area contributed by atoms with Gasteiger partial charge in [-0.2, -0.15) is 0 Å². The minimum absolute atomic E-state index is 0.141. The lowest BCUT2D eigenvalue weighted by molar-refractivity contribution is -0.317. The minimum Gasteiger partial charge on any atom is -0.390 e. The van der Waals surface area contributed by atoms with Crippen LogP contribution in [0.4, 0.5) is 0 Å². The van der Waals surface area contributed by atoms with Gasteiger partial charge in [0.25, 0.3) is 0 Å². The quantitative estimate of drug-likeness (QED) is 0.260. The van der Waals surface area contributed by atoms with Crippen LogP contribution in [0.15, 0.2) is 30.3 Å². The number of nitrogens with one attached hydrogen (secondary N) is 1. The van der Waals surface area contributed by atoms with Crippen LogP contribution in [0, 0.1) is 17.8 Å². The number of ether oxygens (including phenoxy) is 5. The fourth-order valence-corrected chi connectivity index (χ4v) is 8.82. The normalized spacial score (nSPS) is 43.1. The first-order valence-electron chi connectivity index (χ1n) is 19.9. The van der Waals surface area contributed by atoms with E-state index in [-0.39, 0.29) is 56.2 Å². The van der Waals surface area contributed by atoms with Crippen LogP contribution in [0.5, 0.6) is 0 Å². The zero-order chi connectivity index (χ0) is 41.0. The van der Waals surface area contributed by atoms with Crippen LogP contribution in [-0.2, 0) is 39.7 Å². The highest BCUT2D eigenvalue weighted by Gasteiger charge is 2.51. The van der Waals surface area contributed by atoms with Crippen molar-refractivity contribution in [1.29, 1.82) is 0 Å². The molecule has 5 N–H and O–H groups in total. The summed E-state index contributed by atoms with van der Waals surface area (Å²) < 4.78 is 31.7. The van der Waals surface area contributed by atoms with Crippen LogP contribution in [-0.4, -0.2) is 155 Å². The summed E-state index contributed by atoms with van der Waals surface area (Å²) in [5.74, 6) is -2.65. The van der Waals surface area contributed by atoms with Crippen LogP contribution in [0.2, 0.25) is 0 Å². The van der Waals surface area contributed by atoms with E-state index in [4.69, 9.17) is 23.7 Å². The van der Waals surface area contributed by atoms with E-state index in [1.165, 1.54) is 7.11 Å². The average Bonchev–Trinajstić information content (AvgIpc) is 3.11. The summed E-state index contributed by atoms with van der Waals surface area (Å²) in [6, 6.07) is 8.33. The number of amides is 2. The molecule has 0 bridgehead atoms. The molecule has 1 aromatic carbocycles. The van der Waals surface area contributed by atoms with Gasteiger partial charge >= 0.3 is 0 Å². The second-order valence-corrected chi connectivity index (χ2v) is 17.3. The van der Waals surface area contributed by atoms with Crippen LogP contribution in [0.1, 0.15) is 79.7 Å². The highest BCUT2D eigenvalue weighted by Crippen LogP contribution is 2.39. The molecule has 3 aliphatic rings. The van der Waals surface area contributed by atoms with Gasteiger partial charge in [-0.1, -0.05) is 51.1 Å². The smallest absolute Gasteiger partial charge is 0.225 e. The number of carbonyl (C=O) groups excluding carboxylic acids is 2. The summed E-state index contributed by atoms with van der Waals surface area (Å²) in [6.07, 6.45) is -7.30. The van der Waals surface area contributed by atoms with E-state index < -0.39 is 84.2 Å². The molecule has 0 saturated carbocycles. The Morgan fingerprint density at radius 3 is 2.25 bits per heavy atom. The zero-order valence-corrected chi connectivity index (χ0v) is 34.8. The molecule has 14 heteroatoms. The van der Waals surface area contributed by atoms with Crippen LogP contribution in [0.25, 0.3) is 0 Å². The van der Waals surface area contributed by atoms with E-state index in [2.05, 4.69) is 5.32 Å². The maximum absolute atomic E-state index is 14.5. The van der Waals surface area contributed by atoms with E-state index >= 15 is 0 Å². The summed E-state index contributed by atoms with van der Waals surface area (Å²) >= 11 is 0. The number of hydrogen-bond acceptors (Lipinski definition) is 12. The number of aliphatic hydroxyl groups is 4. The SMILES string of the molecule is CO[C@]1(C)C[C@H](OC2C(C)C(=O)N[C@@H](Cc3ccccc3)[C@@H](O)CC(=O)N(C)C[C@H](C)CC(C)(O)[C@H](OC3O[C@H](C)C[C@H](N(C)C)[C@H]3O)[C@H]2C)OC(C)[C@@H]1O. The van der Waals surface area contributed by atoms with E-state index in [0.29, 0.717) is 6.42 Å². The lowest BCUT2D eigenvalue weighted by atomic mass is 9.77. The Morgan fingerprint density at radius 2 is 1.64 bits per heavy atom. The molecule has 2 amide bonds. The Labute approximate surface area is 327 Å². The Bertz CT molecular complexity index is 1390. The lowest BCUT2D eigenvalue weighted by Gasteiger charge is -2.49. The van der Waals surface area contributed by atoms with Gasteiger partial charge in [0.2, 0.25) is 11.8 Å². The predicted molar refractivity (Wildman–Crippen MR) is 206 cm³/mol. The van der Waals surface area contributed by atoms with Gasteiger partial charge in [-0.3, -0.25) is 9.59 Å². The van der Waals surface area contributed by atoms with E-state index in [1.54, 1.807) is 39.6 Å². The molecule has 55 heavy (non-hydrogen) atoms. The number of benzene rings is 1. The molecule has 5 unspecified atom stereocenters. The van der Waals surface area contributed by atoms with Gasteiger partial charge in [0.15, 0.2) is 12.6 Å². The summed E-state index contributed by atoms with van der Waals surface area (Å²) in [4.78, 5) is 31.5. The number of hydrogen-bond donors (Lipinski definition) is 5. The standard InChI is InChI=1S/C41H69N3O11/c1-23-20-40(6,50)37(55-39-34(47)30(43(8)9)17-24(2)52-39)25(3)35(54-33-21-41(7,51-11)36(48)27(5)53-33)26(4)38(49)42-29(18-28-15-13-12-14-16-28)31(45)19-32(46)44(10)22-23/h12-16,23-27,29-31,33-37,39,45,47-48,50H,17-22H2,1-11H3,(H,42,49)/t23-,24-,25+,26?,27?,29+,30+,31+,33+,34-,35?,36+,37-,39?,40?,41-/m1/s1. The summed E-state index contributed by atoms with van der Waals surface area (Å²) in [5, 5.41) is 49.6. The van der Waals surface area contributed by atoms with Gasteiger partial charge in [-0.25, -0.2) is 0 Å². The van der Waals surface area contributed by atoms with Crippen molar-refractivity contribution in [2.45, 2.75) is 159 Å². The molecule has 0 radical (unpaired) electrons. The summed E-state index contributed by atoms with van der Waals surface area (Å²) in [6.45, 7) is 12.8. The third-order valence-electron chi connectivity index (χ3n) is 12.1. The molecule has 14 nitrogen and oxygen atoms in total. The topological polar surface area (TPSA) is 180 Å². The Hall–Kier alpha value is -2.24. The van der Waals surface area contributed by atoms with Crippen molar-refractivity contribution in [3.63, 3.8) is 0 Å². The molecule has 16 atom stereocenters. The Balaban J connectivity index is 1.81. The second kappa shape index (κ2) is 19.0. The number of carbonyl (C=O) groups is 2. The fourth-order valence-electron chi connectivity index (χ4n) is 8.82. The van der Waals surface area contributed by atoms with Gasteiger partial charge in [0, 0.05) is 39.1 Å². The van der Waals surface area contributed by atoms with Crippen LogP contribution in [0.3, 0.4) is 0 Å². The summed E-state index contributed by atoms with van der Waals surface area (Å²) in [7, 11) is 6.94. The number of aliphatic hydroxyl groups excluding tert-OH is 3. The number of nitrogens with zero attached hydrogens (tertiary/aromatic N) is 2. The summed E-state index contributed by atoms with van der Waals surface area (Å²) in [5.41, 5.74) is -1.74. The molecule has 1 aromatic rings. The van der Waals surface area contributed by atoms with Crippen molar-refractivity contribution in [2.24, 2.45) is 17.8 Å². The second-order valence-electron chi connectivity index (χ2n) is 17.3. The van der Waals surface area contributed by atoms with Gasteiger partial charge in [0.1, 0.15) is 12.2 Å². The monoisotopic (exact) mass is 779 g/mol. The number of methoxy groups -OCH3 is 1. The number of likely N-dealkylation sites (N-methyl/N-ethyl adjacent to an activating group) is 1. The maximum Gasteiger partial charge on any atom is 0.225 e. The van der Waals surface area contributed by atoms with E-state index in [0.717, 1.165) is 5.56 Å². The zero-order valence-electron chi connectivity index (χ0n) is 34.8. The van der Waals surface area contributed by atoms with Crippen molar-refractivity contribution in [3.05, 3.63) is 35.9 Å². The molecule has 0 aliphatic carbocycles. The molecule has 0 aromatic heterocycles. The largest absolute Gasteiger partial charge is 0.390 e. The molecule has 3 aliphatic heterocycles. The maximum atomic E-state index is 14.5. The first-order chi connectivity index (χ1) is 25.7. The molecule has 3 saturated heterocycles. The van der Waals surface area contributed by atoms with Crippen LogP contribution >= 0.6 is 0 Å². The van der Waals surface area contributed by atoms with Gasteiger partial charge in [0.05, 0.1) is 60.1 Å². The predicted octanol–water partition coefficient (Wildman–Crippen LogP) is 2.08. The molecule has 4 rings (SSSR count). The van der Waals surface area contributed by atoms with Crippen LogP contribution < -0.4 is 5.32 Å². The molecule has 314 valence electrons. The van der Waals surface area contributed by atoms with Crippen molar-refractivity contribution in [3.8, 4) is 0 Å². The van der Waals surface area contributed by atoms with E-state index in [9.17, 15) is 30.0 Å². The van der Waals surface area contributed by atoms with Crippen molar-refractivity contribution < 1.29 is 53.7 Å². The Morgan fingerprint density at radius 1 is 0.982 bits per heavy atom. The first-order valence-corrected chi connectivity index (χ1v) is 19.9. The highest BCUT2D eigenvalue weighted by atomic mass is 16.7. The van der Waals surface area contributed by atoms with Gasteiger partial charge in [-0.15, -0.1) is 0 Å². The van der Waals surface area contributed by atoms with Crippen molar-refractivity contribution in [2.75, 3.05) is 34.8 Å². The lowest BCUT2D eigenvalue weighted by Crippen LogP contribution is -2.61. The molecule has 3 fully saturated rings. The fraction of sp³-hybridized carbons (Fsp3) is 0.805. The van der Waals surface area contributed by atoms with Crippen molar-refractivity contribution in [1.82, 2.24) is 15.1 Å².